The Kier molecular flexibility index (Phi) is 5.80. The standard InChI is InChI=1S/C18H23NO3S/c1-11(2)22-15-7-5-6-14(9-15)16(20)10-19-18(21)17-8-12(3)13(4)23-17/h5-9,11,16,20H,10H2,1-4H3,(H,19,21). The first-order valence-corrected chi connectivity index (χ1v) is 8.48. The van der Waals surface area contributed by atoms with Crippen LogP contribution < -0.4 is 10.1 Å². The number of carbonyl (C=O) groups is 1. The molecule has 0 aliphatic carbocycles. The van der Waals surface area contributed by atoms with E-state index in [4.69, 9.17) is 4.74 Å². The third-order valence-corrected chi connectivity index (χ3v) is 4.61. The lowest BCUT2D eigenvalue weighted by molar-refractivity contribution is 0.0920. The summed E-state index contributed by atoms with van der Waals surface area (Å²) >= 11 is 1.47. The normalized spacial score (nSPS) is 12.3. The zero-order valence-corrected chi connectivity index (χ0v) is 14.7. The van der Waals surface area contributed by atoms with Crippen LogP contribution in [0.3, 0.4) is 0 Å². The quantitative estimate of drug-likeness (QED) is 0.849. The number of hydrogen-bond acceptors (Lipinski definition) is 4. The highest BCUT2D eigenvalue weighted by molar-refractivity contribution is 7.14. The molecule has 0 saturated heterocycles. The van der Waals surface area contributed by atoms with Gasteiger partial charge in [-0.2, -0.15) is 0 Å². The molecule has 1 amide bonds. The van der Waals surface area contributed by atoms with Gasteiger partial charge in [0.25, 0.3) is 5.91 Å². The number of amides is 1. The lowest BCUT2D eigenvalue weighted by Gasteiger charge is -2.15. The summed E-state index contributed by atoms with van der Waals surface area (Å²) in [5.74, 6) is 0.562. The summed E-state index contributed by atoms with van der Waals surface area (Å²) < 4.78 is 5.62. The van der Waals surface area contributed by atoms with Crippen molar-refractivity contribution in [3.05, 3.63) is 51.2 Å². The van der Waals surface area contributed by atoms with Gasteiger partial charge in [-0.05, 0) is 57.0 Å². The van der Waals surface area contributed by atoms with Gasteiger partial charge in [-0.15, -0.1) is 11.3 Å². The molecular weight excluding hydrogens is 310 g/mol. The van der Waals surface area contributed by atoms with E-state index < -0.39 is 6.10 Å². The van der Waals surface area contributed by atoms with Crippen molar-refractivity contribution in [3.8, 4) is 5.75 Å². The van der Waals surface area contributed by atoms with Gasteiger partial charge in [0.05, 0.1) is 17.1 Å². The van der Waals surface area contributed by atoms with E-state index in [-0.39, 0.29) is 18.6 Å². The topological polar surface area (TPSA) is 58.6 Å². The number of rotatable bonds is 6. The zero-order chi connectivity index (χ0) is 17.0. The average Bonchev–Trinajstić information content (AvgIpc) is 2.83. The fraction of sp³-hybridized carbons (Fsp3) is 0.389. The second-order valence-electron chi connectivity index (χ2n) is 5.81. The Morgan fingerprint density at radius 1 is 1.30 bits per heavy atom. The van der Waals surface area contributed by atoms with Gasteiger partial charge < -0.3 is 15.2 Å². The van der Waals surface area contributed by atoms with Crippen molar-refractivity contribution in [2.24, 2.45) is 0 Å². The number of aliphatic hydroxyl groups is 1. The third-order valence-electron chi connectivity index (χ3n) is 3.46. The van der Waals surface area contributed by atoms with Gasteiger partial charge in [0.2, 0.25) is 0 Å². The van der Waals surface area contributed by atoms with E-state index in [0.717, 1.165) is 16.0 Å². The Balaban J connectivity index is 1.96. The maximum absolute atomic E-state index is 12.1. The Morgan fingerprint density at radius 2 is 2.04 bits per heavy atom. The summed E-state index contributed by atoms with van der Waals surface area (Å²) in [5.41, 5.74) is 1.83. The lowest BCUT2D eigenvalue weighted by Crippen LogP contribution is -2.27. The Morgan fingerprint density at radius 3 is 2.65 bits per heavy atom. The highest BCUT2D eigenvalue weighted by Gasteiger charge is 2.14. The number of hydrogen-bond donors (Lipinski definition) is 2. The molecule has 2 aromatic rings. The monoisotopic (exact) mass is 333 g/mol. The third kappa shape index (κ3) is 4.81. The fourth-order valence-electron chi connectivity index (χ4n) is 2.15. The molecule has 23 heavy (non-hydrogen) atoms. The van der Waals surface area contributed by atoms with Crippen molar-refractivity contribution in [1.29, 1.82) is 0 Å². The number of aryl methyl sites for hydroxylation is 2. The highest BCUT2D eigenvalue weighted by Crippen LogP contribution is 2.22. The van der Waals surface area contributed by atoms with E-state index in [9.17, 15) is 9.90 Å². The van der Waals surface area contributed by atoms with Gasteiger partial charge in [0.1, 0.15) is 5.75 Å². The van der Waals surface area contributed by atoms with E-state index >= 15 is 0 Å². The first-order chi connectivity index (χ1) is 10.9. The molecule has 0 fully saturated rings. The first kappa shape index (κ1) is 17.5. The van der Waals surface area contributed by atoms with E-state index in [2.05, 4.69) is 5.32 Å². The van der Waals surface area contributed by atoms with Crippen molar-refractivity contribution in [1.82, 2.24) is 5.32 Å². The SMILES string of the molecule is Cc1cc(C(=O)NCC(O)c2cccc(OC(C)C)c2)sc1C. The number of carbonyl (C=O) groups excluding carboxylic acids is 1. The zero-order valence-electron chi connectivity index (χ0n) is 13.9. The number of ether oxygens (including phenoxy) is 1. The van der Waals surface area contributed by atoms with Crippen molar-refractivity contribution in [2.45, 2.75) is 39.9 Å². The summed E-state index contributed by atoms with van der Waals surface area (Å²) in [7, 11) is 0. The molecule has 4 nitrogen and oxygen atoms in total. The van der Waals surface area contributed by atoms with Crippen molar-refractivity contribution < 1.29 is 14.6 Å². The number of aliphatic hydroxyl groups excluding tert-OH is 1. The molecule has 0 bridgehead atoms. The second kappa shape index (κ2) is 7.62. The molecular formula is C18H23NO3S. The predicted molar refractivity (Wildman–Crippen MR) is 93.3 cm³/mol. The molecule has 5 heteroatoms. The first-order valence-electron chi connectivity index (χ1n) is 7.66. The minimum Gasteiger partial charge on any atom is -0.491 e. The van der Waals surface area contributed by atoms with Crippen molar-refractivity contribution >= 4 is 17.2 Å². The maximum atomic E-state index is 12.1. The van der Waals surface area contributed by atoms with E-state index in [0.29, 0.717) is 10.6 Å². The van der Waals surface area contributed by atoms with Gasteiger partial charge in [0.15, 0.2) is 0 Å². The molecule has 1 atom stereocenters. The summed E-state index contributed by atoms with van der Waals surface area (Å²) in [6.45, 7) is 8.05. The largest absolute Gasteiger partial charge is 0.491 e. The predicted octanol–water partition coefficient (Wildman–Crippen LogP) is 3.62. The molecule has 2 rings (SSSR count). The van der Waals surface area contributed by atoms with Gasteiger partial charge in [-0.25, -0.2) is 0 Å². The van der Waals surface area contributed by atoms with Gasteiger partial charge in [-0.1, -0.05) is 12.1 Å². The lowest BCUT2D eigenvalue weighted by atomic mass is 10.1. The highest BCUT2D eigenvalue weighted by atomic mass is 32.1. The molecule has 1 aromatic carbocycles. The van der Waals surface area contributed by atoms with Gasteiger partial charge in [-0.3, -0.25) is 4.79 Å². The molecule has 0 aliphatic rings. The smallest absolute Gasteiger partial charge is 0.261 e. The Labute approximate surface area is 141 Å². The van der Waals surface area contributed by atoms with E-state index in [1.165, 1.54) is 11.3 Å². The summed E-state index contributed by atoms with van der Waals surface area (Å²) in [5, 5.41) is 13.0. The summed E-state index contributed by atoms with van der Waals surface area (Å²) in [6.07, 6.45) is -0.691. The summed E-state index contributed by atoms with van der Waals surface area (Å²) in [6, 6.07) is 9.19. The number of benzene rings is 1. The number of thiophene rings is 1. The van der Waals surface area contributed by atoms with Crippen LogP contribution in [0.2, 0.25) is 0 Å². The minimum atomic E-state index is -0.767. The van der Waals surface area contributed by atoms with Crippen LogP contribution in [0.5, 0.6) is 5.75 Å². The van der Waals surface area contributed by atoms with Crippen molar-refractivity contribution in [3.63, 3.8) is 0 Å². The molecule has 0 spiro atoms. The minimum absolute atomic E-state index is 0.0763. The second-order valence-corrected chi connectivity index (χ2v) is 7.07. The van der Waals surface area contributed by atoms with Crippen LogP contribution in [0.1, 0.15) is 45.6 Å². The fourth-order valence-corrected chi connectivity index (χ4v) is 3.10. The van der Waals surface area contributed by atoms with Gasteiger partial charge in [0, 0.05) is 11.4 Å². The Hall–Kier alpha value is -1.85. The van der Waals surface area contributed by atoms with Gasteiger partial charge >= 0.3 is 0 Å². The molecule has 0 aliphatic heterocycles. The molecule has 1 heterocycles. The van der Waals surface area contributed by atoms with Crippen LogP contribution in [-0.4, -0.2) is 23.7 Å². The van der Waals surface area contributed by atoms with Crippen LogP contribution in [0.15, 0.2) is 30.3 Å². The molecule has 0 saturated carbocycles. The van der Waals surface area contributed by atoms with Crippen LogP contribution in [0, 0.1) is 13.8 Å². The molecule has 2 N–H and O–H groups in total. The molecule has 0 radical (unpaired) electrons. The van der Waals surface area contributed by atoms with Crippen LogP contribution >= 0.6 is 11.3 Å². The average molecular weight is 333 g/mol. The van der Waals surface area contributed by atoms with Crippen LogP contribution in [-0.2, 0) is 0 Å². The van der Waals surface area contributed by atoms with Crippen molar-refractivity contribution in [2.75, 3.05) is 6.54 Å². The maximum Gasteiger partial charge on any atom is 0.261 e. The van der Waals surface area contributed by atoms with E-state index in [1.54, 1.807) is 6.07 Å². The molecule has 1 unspecified atom stereocenters. The van der Waals surface area contributed by atoms with Crippen LogP contribution in [0.4, 0.5) is 0 Å². The number of nitrogens with one attached hydrogen (secondary N) is 1. The van der Waals surface area contributed by atoms with E-state index in [1.807, 2.05) is 52.0 Å². The molecule has 1 aromatic heterocycles. The Bertz CT molecular complexity index is 659. The summed E-state index contributed by atoms with van der Waals surface area (Å²) in [4.78, 5) is 13.9. The molecule has 124 valence electrons. The van der Waals surface area contributed by atoms with Crippen LogP contribution in [0.25, 0.3) is 0 Å².